The number of Topliss-reactive ketones (excluding diaryl/α,β-unsaturated/α-hetero) is 1. The van der Waals surface area contributed by atoms with Crippen molar-refractivity contribution in [1.29, 1.82) is 0 Å². The van der Waals surface area contributed by atoms with Crippen molar-refractivity contribution in [2.24, 2.45) is 0 Å². The summed E-state index contributed by atoms with van der Waals surface area (Å²) in [6, 6.07) is 9.35. The van der Waals surface area contributed by atoms with Gasteiger partial charge in [-0.15, -0.1) is 0 Å². The van der Waals surface area contributed by atoms with Crippen LogP contribution in [0.5, 0.6) is 11.5 Å². The van der Waals surface area contributed by atoms with Crippen molar-refractivity contribution in [3.8, 4) is 11.5 Å². The Balaban J connectivity index is 1.90. The number of rotatable bonds is 5. The second kappa shape index (κ2) is 7.34. The fraction of sp³-hybridized carbons (Fsp3) is 0.286. The van der Waals surface area contributed by atoms with E-state index in [2.05, 4.69) is 5.32 Å². The molecule has 2 aromatic rings. The minimum Gasteiger partial charge on any atom is -0.492 e. The van der Waals surface area contributed by atoms with Crippen molar-refractivity contribution in [2.75, 3.05) is 11.9 Å². The SMILES string of the molecule is CCOc1ccc(C(C)=O)cc1NC(=O)c1ccc2c(c1)C(=O)OC(C)(C)O2. The Hall–Kier alpha value is -3.35. The van der Waals surface area contributed by atoms with Crippen LogP contribution in [0, 0.1) is 0 Å². The number of carbonyl (C=O) groups excluding carboxylic acids is 3. The lowest BCUT2D eigenvalue weighted by Crippen LogP contribution is -2.39. The van der Waals surface area contributed by atoms with Crippen molar-refractivity contribution in [2.45, 2.75) is 33.5 Å². The van der Waals surface area contributed by atoms with Gasteiger partial charge in [-0.2, -0.15) is 0 Å². The number of hydrogen-bond acceptors (Lipinski definition) is 6. The molecule has 0 unspecified atom stereocenters. The number of nitrogens with one attached hydrogen (secondary N) is 1. The molecule has 2 aromatic carbocycles. The van der Waals surface area contributed by atoms with Gasteiger partial charge in [0.15, 0.2) is 5.78 Å². The largest absolute Gasteiger partial charge is 0.492 e. The summed E-state index contributed by atoms with van der Waals surface area (Å²) in [5.74, 6) is -1.41. The highest BCUT2D eigenvalue weighted by Crippen LogP contribution is 2.32. The molecule has 0 spiro atoms. The fourth-order valence-electron chi connectivity index (χ4n) is 2.81. The molecule has 7 nitrogen and oxygen atoms in total. The topological polar surface area (TPSA) is 90.9 Å². The van der Waals surface area contributed by atoms with Gasteiger partial charge in [-0.3, -0.25) is 9.59 Å². The first-order chi connectivity index (χ1) is 13.2. The number of esters is 1. The van der Waals surface area contributed by atoms with Crippen molar-refractivity contribution in [3.63, 3.8) is 0 Å². The van der Waals surface area contributed by atoms with E-state index >= 15 is 0 Å². The molecule has 1 amide bonds. The van der Waals surface area contributed by atoms with Gasteiger partial charge in [0.1, 0.15) is 17.1 Å². The van der Waals surface area contributed by atoms with Crippen molar-refractivity contribution < 1.29 is 28.6 Å². The van der Waals surface area contributed by atoms with E-state index in [1.54, 1.807) is 44.2 Å². The highest BCUT2D eigenvalue weighted by molar-refractivity contribution is 6.07. The minimum atomic E-state index is -1.06. The first kappa shape index (κ1) is 19.4. The maximum atomic E-state index is 12.7. The van der Waals surface area contributed by atoms with Gasteiger partial charge in [0.05, 0.1) is 12.3 Å². The maximum absolute atomic E-state index is 12.7. The number of ether oxygens (including phenoxy) is 3. The zero-order chi connectivity index (χ0) is 20.5. The van der Waals surface area contributed by atoms with Crippen LogP contribution >= 0.6 is 0 Å². The summed E-state index contributed by atoms with van der Waals surface area (Å²) in [4.78, 5) is 36.6. The van der Waals surface area contributed by atoms with Crippen molar-refractivity contribution in [3.05, 3.63) is 53.1 Å². The van der Waals surface area contributed by atoms with Gasteiger partial charge < -0.3 is 19.5 Å². The van der Waals surface area contributed by atoms with E-state index in [1.807, 2.05) is 6.92 Å². The lowest BCUT2D eigenvalue weighted by atomic mass is 10.1. The van der Waals surface area contributed by atoms with E-state index < -0.39 is 17.7 Å². The molecule has 0 aromatic heterocycles. The molecule has 0 saturated carbocycles. The fourth-order valence-corrected chi connectivity index (χ4v) is 2.81. The zero-order valence-electron chi connectivity index (χ0n) is 16.1. The molecule has 1 aliphatic rings. The van der Waals surface area contributed by atoms with Crippen LogP contribution in [0.15, 0.2) is 36.4 Å². The summed E-state index contributed by atoms with van der Waals surface area (Å²) < 4.78 is 16.3. The van der Waals surface area contributed by atoms with Crippen LogP contribution in [-0.2, 0) is 4.74 Å². The molecule has 1 N–H and O–H groups in total. The van der Waals surface area contributed by atoms with Crippen LogP contribution in [-0.4, -0.2) is 30.1 Å². The van der Waals surface area contributed by atoms with Gasteiger partial charge in [-0.05, 0) is 50.2 Å². The Morgan fingerprint density at radius 1 is 1.07 bits per heavy atom. The summed E-state index contributed by atoms with van der Waals surface area (Å²) >= 11 is 0. The van der Waals surface area contributed by atoms with Gasteiger partial charge in [0.2, 0.25) is 5.79 Å². The van der Waals surface area contributed by atoms with Crippen LogP contribution in [0.4, 0.5) is 5.69 Å². The van der Waals surface area contributed by atoms with Crippen LogP contribution in [0.2, 0.25) is 0 Å². The molecule has 0 radical (unpaired) electrons. The van der Waals surface area contributed by atoms with Crippen LogP contribution in [0.3, 0.4) is 0 Å². The van der Waals surface area contributed by atoms with Crippen LogP contribution in [0.25, 0.3) is 0 Å². The Labute approximate surface area is 162 Å². The Bertz CT molecular complexity index is 963. The van der Waals surface area contributed by atoms with Gasteiger partial charge in [0.25, 0.3) is 5.91 Å². The number of carbonyl (C=O) groups is 3. The molecule has 1 heterocycles. The summed E-state index contributed by atoms with van der Waals surface area (Å²) in [5.41, 5.74) is 1.24. The smallest absolute Gasteiger partial charge is 0.345 e. The molecular formula is C21H21NO6. The summed E-state index contributed by atoms with van der Waals surface area (Å²) in [6.07, 6.45) is 0. The predicted octanol–water partition coefficient (Wildman–Crippen LogP) is 3.83. The third-order valence-electron chi connectivity index (χ3n) is 4.09. The molecule has 0 atom stereocenters. The van der Waals surface area contributed by atoms with Gasteiger partial charge in [-0.1, -0.05) is 0 Å². The average Bonchev–Trinajstić information content (AvgIpc) is 2.62. The quantitative estimate of drug-likeness (QED) is 0.623. The van der Waals surface area contributed by atoms with Crippen LogP contribution in [0.1, 0.15) is 58.8 Å². The first-order valence-electron chi connectivity index (χ1n) is 8.85. The van der Waals surface area contributed by atoms with Crippen LogP contribution < -0.4 is 14.8 Å². The van der Waals surface area contributed by atoms with Gasteiger partial charge in [-0.25, -0.2) is 4.79 Å². The molecule has 0 aliphatic carbocycles. The van der Waals surface area contributed by atoms with Crippen molar-refractivity contribution >= 4 is 23.3 Å². The van der Waals surface area contributed by atoms with E-state index in [-0.39, 0.29) is 16.9 Å². The number of ketones is 1. The van der Waals surface area contributed by atoms with E-state index in [0.717, 1.165) is 0 Å². The molecule has 0 fully saturated rings. The minimum absolute atomic E-state index is 0.130. The second-order valence-electron chi connectivity index (χ2n) is 6.76. The molecule has 7 heteroatoms. The number of hydrogen-bond donors (Lipinski definition) is 1. The third-order valence-corrected chi connectivity index (χ3v) is 4.09. The molecule has 0 saturated heterocycles. The molecule has 146 valence electrons. The Kier molecular flexibility index (Phi) is 5.09. The summed E-state index contributed by atoms with van der Waals surface area (Å²) in [7, 11) is 0. The lowest BCUT2D eigenvalue weighted by Gasteiger charge is -2.31. The van der Waals surface area contributed by atoms with E-state index in [0.29, 0.717) is 29.4 Å². The van der Waals surface area contributed by atoms with E-state index in [4.69, 9.17) is 14.2 Å². The zero-order valence-corrected chi connectivity index (χ0v) is 16.1. The second-order valence-corrected chi connectivity index (χ2v) is 6.76. The molecule has 3 rings (SSSR count). The number of cyclic esters (lactones) is 1. The normalized spacial score (nSPS) is 14.4. The standard InChI is InChI=1S/C21H21NO6/c1-5-26-18-9-6-13(12(2)23)11-16(18)22-19(24)14-7-8-17-15(10-14)20(25)28-21(3,4)27-17/h6-11H,5H2,1-4H3,(H,22,24). The maximum Gasteiger partial charge on any atom is 0.345 e. The highest BCUT2D eigenvalue weighted by atomic mass is 16.7. The first-order valence-corrected chi connectivity index (χ1v) is 8.85. The summed E-state index contributed by atoms with van der Waals surface area (Å²) in [5, 5.41) is 2.74. The predicted molar refractivity (Wildman–Crippen MR) is 102 cm³/mol. The number of amides is 1. The average molecular weight is 383 g/mol. The Morgan fingerprint density at radius 3 is 2.46 bits per heavy atom. The van der Waals surface area contributed by atoms with Gasteiger partial charge >= 0.3 is 5.97 Å². The van der Waals surface area contributed by atoms with Crippen molar-refractivity contribution in [1.82, 2.24) is 0 Å². The lowest BCUT2D eigenvalue weighted by molar-refractivity contribution is -0.127. The van der Waals surface area contributed by atoms with Gasteiger partial charge in [0, 0.05) is 25.0 Å². The molecule has 0 bridgehead atoms. The van der Waals surface area contributed by atoms with E-state index in [9.17, 15) is 14.4 Å². The summed E-state index contributed by atoms with van der Waals surface area (Å²) in [6.45, 7) is 6.93. The monoisotopic (exact) mass is 383 g/mol. The number of anilines is 1. The number of benzene rings is 2. The highest BCUT2D eigenvalue weighted by Gasteiger charge is 2.34. The van der Waals surface area contributed by atoms with E-state index in [1.165, 1.54) is 13.0 Å². The molecule has 1 aliphatic heterocycles. The Morgan fingerprint density at radius 2 is 1.79 bits per heavy atom. The third kappa shape index (κ3) is 3.98. The number of fused-ring (bicyclic) bond motifs is 1. The molecule has 28 heavy (non-hydrogen) atoms. The molecular weight excluding hydrogens is 362 g/mol.